The first-order valence-electron chi connectivity index (χ1n) is 3.83. The normalized spacial score (nSPS) is 30.0. The van der Waals surface area contributed by atoms with E-state index in [1.807, 2.05) is 6.92 Å². The molecule has 0 spiro atoms. The number of rotatable bonds is 2. The molecule has 0 aliphatic carbocycles. The highest BCUT2D eigenvalue weighted by Crippen LogP contribution is 2.07. The molecule has 0 amide bonds. The first kappa shape index (κ1) is 7.98. The molecule has 2 unspecified atom stereocenters. The van der Waals surface area contributed by atoms with Gasteiger partial charge in [-0.15, -0.1) is 0 Å². The SMILES string of the molecule is CC(N)CC1CNCOC1. The lowest BCUT2D eigenvalue weighted by molar-refractivity contribution is 0.0414. The van der Waals surface area contributed by atoms with Gasteiger partial charge in [0.15, 0.2) is 0 Å². The largest absolute Gasteiger partial charge is 0.366 e. The Hall–Kier alpha value is -0.120. The summed E-state index contributed by atoms with van der Waals surface area (Å²) >= 11 is 0. The topological polar surface area (TPSA) is 47.3 Å². The summed E-state index contributed by atoms with van der Waals surface area (Å²) in [6, 6.07) is 0.300. The van der Waals surface area contributed by atoms with E-state index in [-0.39, 0.29) is 0 Å². The predicted molar refractivity (Wildman–Crippen MR) is 40.6 cm³/mol. The molecule has 0 aromatic rings. The quantitative estimate of drug-likeness (QED) is 0.569. The van der Waals surface area contributed by atoms with Crippen molar-refractivity contribution in [3.05, 3.63) is 0 Å². The molecule has 1 aliphatic heterocycles. The maximum Gasteiger partial charge on any atom is 0.0965 e. The second-order valence-corrected chi connectivity index (χ2v) is 3.05. The van der Waals surface area contributed by atoms with Crippen molar-refractivity contribution < 1.29 is 4.74 Å². The predicted octanol–water partition coefficient (Wildman–Crippen LogP) is -0.0828. The van der Waals surface area contributed by atoms with E-state index in [1.165, 1.54) is 0 Å². The molecule has 3 heteroatoms. The molecule has 0 saturated carbocycles. The van der Waals surface area contributed by atoms with E-state index in [1.54, 1.807) is 0 Å². The minimum atomic E-state index is 0.300. The monoisotopic (exact) mass is 144 g/mol. The van der Waals surface area contributed by atoms with E-state index >= 15 is 0 Å². The Morgan fingerprint density at radius 3 is 3.10 bits per heavy atom. The highest BCUT2D eigenvalue weighted by molar-refractivity contribution is 4.68. The van der Waals surface area contributed by atoms with E-state index in [0.29, 0.717) is 18.7 Å². The van der Waals surface area contributed by atoms with Gasteiger partial charge in [0.05, 0.1) is 13.3 Å². The average molecular weight is 144 g/mol. The van der Waals surface area contributed by atoms with Crippen LogP contribution in [0, 0.1) is 5.92 Å². The first-order valence-corrected chi connectivity index (χ1v) is 3.83. The van der Waals surface area contributed by atoms with Crippen LogP contribution in [0.15, 0.2) is 0 Å². The van der Waals surface area contributed by atoms with Crippen LogP contribution in [0.3, 0.4) is 0 Å². The molecule has 0 aromatic heterocycles. The minimum absolute atomic E-state index is 0.300. The van der Waals surface area contributed by atoms with E-state index in [4.69, 9.17) is 10.5 Å². The lowest BCUT2D eigenvalue weighted by atomic mass is 10.0. The Balaban J connectivity index is 2.13. The highest BCUT2D eigenvalue weighted by atomic mass is 16.5. The van der Waals surface area contributed by atoms with Gasteiger partial charge in [-0.3, -0.25) is 5.32 Å². The van der Waals surface area contributed by atoms with E-state index < -0.39 is 0 Å². The summed E-state index contributed by atoms with van der Waals surface area (Å²) in [5, 5.41) is 3.16. The molecule has 1 rings (SSSR count). The van der Waals surface area contributed by atoms with Gasteiger partial charge < -0.3 is 10.5 Å². The number of hydrogen-bond acceptors (Lipinski definition) is 3. The molecule has 3 nitrogen and oxygen atoms in total. The first-order chi connectivity index (χ1) is 4.79. The maximum atomic E-state index is 5.64. The Kier molecular flexibility index (Phi) is 3.12. The van der Waals surface area contributed by atoms with Crippen molar-refractivity contribution in [1.82, 2.24) is 5.32 Å². The fraction of sp³-hybridized carbons (Fsp3) is 1.00. The Morgan fingerprint density at radius 1 is 1.80 bits per heavy atom. The minimum Gasteiger partial charge on any atom is -0.366 e. The molecule has 1 aliphatic rings. The Bertz CT molecular complexity index is 89.6. The molecule has 10 heavy (non-hydrogen) atoms. The summed E-state index contributed by atoms with van der Waals surface area (Å²) in [4.78, 5) is 0. The van der Waals surface area contributed by atoms with Crippen molar-refractivity contribution in [2.75, 3.05) is 19.9 Å². The summed E-state index contributed by atoms with van der Waals surface area (Å²) in [5.41, 5.74) is 5.64. The van der Waals surface area contributed by atoms with Crippen LogP contribution in [-0.4, -0.2) is 25.9 Å². The third-order valence-electron chi connectivity index (χ3n) is 1.70. The van der Waals surface area contributed by atoms with E-state index in [9.17, 15) is 0 Å². The summed E-state index contributed by atoms with van der Waals surface area (Å²) in [6.45, 7) is 4.67. The van der Waals surface area contributed by atoms with Crippen molar-refractivity contribution in [2.45, 2.75) is 19.4 Å². The Labute approximate surface area is 61.9 Å². The zero-order valence-corrected chi connectivity index (χ0v) is 6.47. The van der Waals surface area contributed by atoms with Gasteiger partial charge in [0.2, 0.25) is 0 Å². The molecule has 1 heterocycles. The molecule has 3 N–H and O–H groups in total. The lowest BCUT2D eigenvalue weighted by Gasteiger charge is -2.24. The van der Waals surface area contributed by atoms with Crippen molar-refractivity contribution in [1.29, 1.82) is 0 Å². The molecule has 1 fully saturated rings. The van der Waals surface area contributed by atoms with Crippen LogP contribution in [0.25, 0.3) is 0 Å². The summed E-state index contributed by atoms with van der Waals surface area (Å²) < 4.78 is 5.22. The summed E-state index contributed by atoms with van der Waals surface area (Å²) in [5.74, 6) is 0.619. The number of ether oxygens (including phenoxy) is 1. The van der Waals surface area contributed by atoms with Gasteiger partial charge in [-0.05, 0) is 19.3 Å². The molecular weight excluding hydrogens is 128 g/mol. The third kappa shape index (κ3) is 2.64. The van der Waals surface area contributed by atoms with Crippen LogP contribution in [-0.2, 0) is 4.74 Å². The molecule has 0 bridgehead atoms. The smallest absolute Gasteiger partial charge is 0.0965 e. The van der Waals surface area contributed by atoms with Gasteiger partial charge in [0, 0.05) is 12.6 Å². The molecule has 2 atom stereocenters. The van der Waals surface area contributed by atoms with Gasteiger partial charge in [-0.25, -0.2) is 0 Å². The fourth-order valence-corrected chi connectivity index (χ4v) is 1.30. The average Bonchev–Trinajstić information content (AvgIpc) is 1.88. The zero-order chi connectivity index (χ0) is 7.40. The van der Waals surface area contributed by atoms with Crippen molar-refractivity contribution in [3.8, 4) is 0 Å². The third-order valence-corrected chi connectivity index (χ3v) is 1.70. The van der Waals surface area contributed by atoms with Crippen molar-refractivity contribution >= 4 is 0 Å². The number of hydrogen-bond donors (Lipinski definition) is 2. The zero-order valence-electron chi connectivity index (χ0n) is 6.47. The van der Waals surface area contributed by atoms with E-state index in [0.717, 1.165) is 19.6 Å². The van der Waals surface area contributed by atoms with Gasteiger partial charge in [-0.1, -0.05) is 0 Å². The van der Waals surface area contributed by atoms with Gasteiger partial charge in [0.1, 0.15) is 0 Å². The standard InChI is InChI=1S/C7H16N2O/c1-6(8)2-7-3-9-5-10-4-7/h6-7,9H,2-5,8H2,1H3. The van der Waals surface area contributed by atoms with E-state index in [2.05, 4.69) is 5.32 Å². The van der Waals surface area contributed by atoms with Crippen LogP contribution in [0.2, 0.25) is 0 Å². The second-order valence-electron chi connectivity index (χ2n) is 3.05. The Morgan fingerprint density at radius 2 is 2.60 bits per heavy atom. The number of nitrogens with one attached hydrogen (secondary N) is 1. The summed E-state index contributed by atoms with van der Waals surface area (Å²) in [7, 11) is 0. The molecular formula is C7H16N2O. The molecule has 1 saturated heterocycles. The highest BCUT2D eigenvalue weighted by Gasteiger charge is 2.14. The fourth-order valence-electron chi connectivity index (χ4n) is 1.30. The van der Waals surface area contributed by atoms with Crippen molar-refractivity contribution in [2.24, 2.45) is 11.7 Å². The van der Waals surface area contributed by atoms with Crippen LogP contribution in [0.4, 0.5) is 0 Å². The lowest BCUT2D eigenvalue weighted by Crippen LogP contribution is -2.37. The van der Waals surface area contributed by atoms with Gasteiger partial charge in [0.25, 0.3) is 0 Å². The van der Waals surface area contributed by atoms with Crippen LogP contribution < -0.4 is 11.1 Å². The second kappa shape index (κ2) is 3.91. The van der Waals surface area contributed by atoms with Crippen molar-refractivity contribution in [3.63, 3.8) is 0 Å². The number of nitrogens with two attached hydrogens (primary N) is 1. The van der Waals surface area contributed by atoms with Gasteiger partial charge in [-0.2, -0.15) is 0 Å². The van der Waals surface area contributed by atoms with Crippen LogP contribution >= 0.6 is 0 Å². The molecule has 60 valence electrons. The van der Waals surface area contributed by atoms with Crippen LogP contribution in [0.1, 0.15) is 13.3 Å². The van der Waals surface area contributed by atoms with Gasteiger partial charge >= 0.3 is 0 Å². The summed E-state index contributed by atoms with van der Waals surface area (Å²) in [6.07, 6.45) is 1.06. The maximum absolute atomic E-state index is 5.64. The molecule has 0 radical (unpaired) electrons. The molecule has 0 aromatic carbocycles. The van der Waals surface area contributed by atoms with Crippen LogP contribution in [0.5, 0.6) is 0 Å².